The molecule has 0 spiro atoms. The van der Waals surface area contributed by atoms with E-state index in [2.05, 4.69) is 23.7 Å². The van der Waals surface area contributed by atoms with Gasteiger partial charge >= 0.3 is 0 Å². The molecule has 1 aromatic carbocycles. The van der Waals surface area contributed by atoms with E-state index in [4.69, 9.17) is 16.3 Å². The Bertz CT molecular complexity index is 512. The lowest BCUT2D eigenvalue weighted by molar-refractivity contribution is 0.406. The van der Waals surface area contributed by atoms with Crippen molar-refractivity contribution in [2.45, 2.75) is 19.5 Å². The lowest BCUT2D eigenvalue weighted by atomic mass is 10.1. The van der Waals surface area contributed by atoms with Crippen molar-refractivity contribution in [2.75, 3.05) is 7.11 Å². The number of thiophene rings is 1. The van der Waals surface area contributed by atoms with Gasteiger partial charge in [-0.25, -0.2) is 0 Å². The number of halogens is 1. The maximum absolute atomic E-state index is 5.94. The first-order valence-corrected chi connectivity index (χ1v) is 7.05. The minimum absolute atomic E-state index is 0.277. The smallest absolute Gasteiger partial charge is 0.123 e. The third kappa shape index (κ3) is 3.25. The van der Waals surface area contributed by atoms with Crippen LogP contribution in [-0.4, -0.2) is 7.11 Å². The third-order valence-corrected chi connectivity index (χ3v) is 3.99. The first-order valence-electron chi connectivity index (χ1n) is 5.80. The van der Waals surface area contributed by atoms with Crippen LogP contribution in [0.15, 0.2) is 35.7 Å². The molecular weight excluding hydrogens is 266 g/mol. The molecule has 0 saturated heterocycles. The number of nitrogens with one attached hydrogen (secondary N) is 1. The molecule has 0 fully saturated rings. The Morgan fingerprint density at radius 2 is 2.17 bits per heavy atom. The van der Waals surface area contributed by atoms with Crippen LogP contribution in [0.2, 0.25) is 4.34 Å². The van der Waals surface area contributed by atoms with Gasteiger partial charge < -0.3 is 10.1 Å². The molecule has 2 aromatic rings. The molecule has 1 heterocycles. The molecule has 0 bridgehead atoms. The van der Waals surface area contributed by atoms with Gasteiger partial charge in [-0.2, -0.15) is 0 Å². The highest BCUT2D eigenvalue weighted by Crippen LogP contribution is 2.25. The van der Waals surface area contributed by atoms with E-state index < -0.39 is 0 Å². The maximum Gasteiger partial charge on any atom is 0.123 e. The number of ether oxygens (including phenoxy) is 1. The molecular formula is C14H16ClNOS. The summed E-state index contributed by atoms with van der Waals surface area (Å²) in [7, 11) is 1.70. The average molecular weight is 282 g/mol. The summed E-state index contributed by atoms with van der Waals surface area (Å²) in [6.45, 7) is 2.91. The van der Waals surface area contributed by atoms with Crippen LogP contribution in [0.1, 0.15) is 24.1 Å². The SMILES string of the molecule is COc1ccccc1CNC(C)c1csc(Cl)c1. The maximum atomic E-state index is 5.94. The molecule has 1 unspecified atom stereocenters. The van der Waals surface area contributed by atoms with Gasteiger partial charge in [0.15, 0.2) is 0 Å². The van der Waals surface area contributed by atoms with Crippen LogP contribution in [0.25, 0.3) is 0 Å². The highest BCUT2D eigenvalue weighted by molar-refractivity contribution is 7.14. The Morgan fingerprint density at radius 1 is 1.39 bits per heavy atom. The van der Waals surface area contributed by atoms with Crippen LogP contribution in [0.5, 0.6) is 5.75 Å². The number of methoxy groups -OCH3 is 1. The molecule has 96 valence electrons. The summed E-state index contributed by atoms with van der Waals surface area (Å²) in [4.78, 5) is 0. The first kappa shape index (κ1) is 13.4. The number of para-hydroxylation sites is 1. The van der Waals surface area contributed by atoms with Crippen molar-refractivity contribution in [3.63, 3.8) is 0 Å². The second-order valence-corrected chi connectivity index (χ2v) is 5.64. The molecule has 0 aliphatic carbocycles. The zero-order chi connectivity index (χ0) is 13.0. The van der Waals surface area contributed by atoms with Gasteiger partial charge in [0.25, 0.3) is 0 Å². The summed E-state index contributed by atoms with van der Waals surface area (Å²) < 4.78 is 6.16. The van der Waals surface area contributed by atoms with E-state index in [0.717, 1.165) is 22.2 Å². The monoisotopic (exact) mass is 281 g/mol. The van der Waals surface area contributed by atoms with Gasteiger partial charge in [-0.3, -0.25) is 0 Å². The summed E-state index contributed by atoms with van der Waals surface area (Å²) in [5.41, 5.74) is 2.38. The largest absolute Gasteiger partial charge is 0.496 e. The molecule has 0 aliphatic rings. The molecule has 0 amide bonds. The van der Waals surface area contributed by atoms with Crippen LogP contribution in [0.3, 0.4) is 0 Å². The Hall–Kier alpha value is -1.03. The normalized spacial score (nSPS) is 12.4. The topological polar surface area (TPSA) is 21.3 Å². The predicted octanol–water partition coefficient (Wildman–Crippen LogP) is 4.26. The predicted molar refractivity (Wildman–Crippen MR) is 77.6 cm³/mol. The summed E-state index contributed by atoms with van der Waals surface area (Å²) in [6.07, 6.45) is 0. The van der Waals surface area contributed by atoms with E-state index >= 15 is 0 Å². The van der Waals surface area contributed by atoms with Crippen molar-refractivity contribution >= 4 is 22.9 Å². The van der Waals surface area contributed by atoms with E-state index in [1.165, 1.54) is 5.56 Å². The molecule has 0 aliphatic heterocycles. The van der Waals surface area contributed by atoms with Crippen LogP contribution in [0, 0.1) is 0 Å². The quantitative estimate of drug-likeness (QED) is 0.884. The van der Waals surface area contributed by atoms with E-state index in [9.17, 15) is 0 Å². The van der Waals surface area contributed by atoms with Crippen LogP contribution in [-0.2, 0) is 6.54 Å². The number of rotatable bonds is 5. The number of hydrogen-bond donors (Lipinski definition) is 1. The first-order chi connectivity index (χ1) is 8.70. The van der Waals surface area contributed by atoms with Gasteiger partial charge in [0.2, 0.25) is 0 Å². The molecule has 1 N–H and O–H groups in total. The number of hydrogen-bond acceptors (Lipinski definition) is 3. The van der Waals surface area contributed by atoms with Crippen LogP contribution < -0.4 is 10.1 Å². The molecule has 0 saturated carbocycles. The highest BCUT2D eigenvalue weighted by atomic mass is 35.5. The fourth-order valence-electron chi connectivity index (χ4n) is 1.78. The summed E-state index contributed by atoms with van der Waals surface area (Å²) >= 11 is 7.50. The summed E-state index contributed by atoms with van der Waals surface area (Å²) in [6, 6.07) is 10.3. The summed E-state index contributed by atoms with van der Waals surface area (Å²) in [5, 5.41) is 5.56. The minimum Gasteiger partial charge on any atom is -0.496 e. The Labute approximate surface area is 117 Å². The molecule has 1 aromatic heterocycles. The highest BCUT2D eigenvalue weighted by Gasteiger charge is 2.08. The Morgan fingerprint density at radius 3 is 2.83 bits per heavy atom. The minimum atomic E-state index is 0.277. The summed E-state index contributed by atoms with van der Waals surface area (Å²) in [5.74, 6) is 0.917. The molecule has 4 heteroatoms. The zero-order valence-electron chi connectivity index (χ0n) is 10.4. The second-order valence-electron chi connectivity index (χ2n) is 4.10. The van der Waals surface area contributed by atoms with Crippen molar-refractivity contribution in [3.8, 4) is 5.75 Å². The van der Waals surface area contributed by atoms with Crippen LogP contribution in [0.4, 0.5) is 0 Å². The Kier molecular flexibility index (Phi) is 4.64. The molecule has 2 nitrogen and oxygen atoms in total. The fraction of sp³-hybridized carbons (Fsp3) is 0.286. The second kappa shape index (κ2) is 6.23. The third-order valence-electron chi connectivity index (χ3n) is 2.88. The molecule has 0 radical (unpaired) electrons. The van der Waals surface area contributed by atoms with E-state index in [1.54, 1.807) is 18.4 Å². The van der Waals surface area contributed by atoms with Gasteiger partial charge in [-0.05, 0) is 30.0 Å². The van der Waals surface area contributed by atoms with Crippen molar-refractivity contribution in [3.05, 3.63) is 51.2 Å². The van der Waals surface area contributed by atoms with Crippen molar-refractivity contribution in [2.24, 2.45) is 0 Å². The lowest BCUT2D eigenvalue weighted by Crippen LogP contribution is -2.17. The van der Waals surface area contributed by atoms with Crippen molar-refractivity contribution in [1.29, 1.82) is 0 Å². The van der Waals surface area contributed by atoms with E-state index in [-0.39, 0.29) is 6.04 Å². The number of benzene rings is 1. The van der Waals surface area contributed by atoms with E-state index in [0.29, 0.717) is 0 Å². The van der Waals surface area contributed by atoms with Gasteiger partial charge in [0, 0.05) is 18.2 Å². The van der Waals surface area contributed by atoms with Crippen molar-refractivity contribution in [1.82, 2.24) is 5.32 Å². The zero-order valence-corrected chi connectivity index (χ0v) is 12.0. The lowest BCUT2D eigenvalue weighted by Gasteiger charge is -2.14. The fourth-order valence-corrected chi connectivity index (χ4v) is 2.76. The van der Waals surface area contributed by atoms with Gasteiger partial charge in [0.1, 0.15) is 5.75 Å². The molecule has 18 heavy (non-hydrogen) atoms. The molecule has 1 atom stereocenters. The Balaban J connectivity index is 1.99. The van der Waals surface area contributed by atoms with Crippen LogP contribution >= 0.6 is 22.9 Å². The van der Waals surface area contributed by atoms with Crippen molar-refractivity contribution < 1.29 is 4.74 Å². The average Bonchev–Trinajstić information content (AvgIpc) is 2.83. The molecule has 2 rings (SSSR count). The van der Waals surface area contributed by atoms with E-state index in [1.807, 2.05) is 24.3 Å². The van der Waals surface area contributed by atoms with Gasteiger partial charge in [-0.15, -0.1) is 11.3 Å². The standard InChI is InChI=1S/C14H16ClNOS/c1-10(12-7-14(15)18-9-12)16-8-11-5-3-4-6-13(11)17-2/h3-7,9-10,16H,8H2,1-2H3. The van der Waals surface area contributed by atoms with Gasteiger partial charge in [-0.1, -0.05) is 29.8 Å². The van der Waals surface area contributed by atoms with Gasteiger partial charge in [0.05, 0.1) is 11.4 Å².